The summed E-state index contributed by atoms with van der Waals surface area (Å²) >= 11 is 5.23. The molecule has 7 heteroatoms. The Morgan fingerprint density at radius 2 is 1.59 bits per heavy atom. The fourth-order valence-corrected chi connectivity index (χ4v) is 2.48. The maximum absolute atomic E-state index is 12.2. The van der Waals surface area contributed by atoms with Gasteiger partial charge in [0, 0.05) is 19.7 Å². The van der Waals surface area contributed by atoms with Crippen molar-refractivity contribution < 1.29 is 14.2 Å². The molecule has 1 aromatic heterocycles. The molecular formula is C15H18N2O4S. The summed E-state index contributed by atoms with van der Waals surface area (Å²) in [5.41, 5.74) is 1.14. The maximum Gasteiger partial charge on any atom is 0.329 e. The average Bonchev–Trinajstić information content (AvgIpc) is 2.54. The molecule has 0 unspecified atom stereocenters. The van der Waals surface area contributed by atoms with Crippen LogP contribution in [-0.2, 0) is 14.1 Å². The molecular weight excluding hydrogens is 304 g/mol. The van der Waals surface area contributed by atoms with Gasteiger partial charge in [0.15, 0.2) is 11.5 Å². The summed E-state index contributed by atoms with van der Waals surface area (Å²) in [7, 11) is 7.95. The van der Waals surface area contributed by atoms with Crippen LogP contribution in [-0.4, -0.2) is 30.5 Å². The van der Waals surface area contributed by atoms with Gasteiger partial charge in [-0.05, 0) is 18.2 Å². The summed E-state index contributed by atoms with van der Waals surface area (Å²) < 4.78 is 19.5. The molecule has 118 valence electrons. The van der Waals surface area contributed by atoms with Gasteiger partial charge in [0.1, 0.15) is 4.64 Å². The predicted octanol–water partition coefficient (Wildman–Crippen LogP) is 2.15. The first-order valence-corrected chi connectivity index (χ1v) is 6.93. The molecule has 1 heterocycles. The van der Waals surface area contributed by atoms with E-state index in [2.05, 4.69) is 0 Å². The highest BCUT2D eigenvalue weighted by molar-refractivity contribution is 7.71. The number of methoxy groups -OCH3 is 3. The van der Waals surface area contributed by atoms with Gasteiger partial charge in [-0.25, -0.2) is 4.79 Å². The van der Waals surface area contributed by atoms with Crippen LogP contribution in [0.2, 0.25) is 0 Å². The molecule has 22 heavy (non-hydrogen) atoms. The van der Waals surface area contributed by atoms with Crippen LogP contribution in [0.25, 0.3) is 11.3 Å². The first kappa shape index (κ1) is 16.1. The molecule has 0 bridgehead atoms. The minimum absolute atomic E-state index is 0.209. The van der Waals surface area contributed by atoms with E-state index in [1.807, 2.05) is 6.07 Å². The minimum atomic E-state index is -0.209. The lowest BCUT2D eigenvalue weighted by atomic mass is 10.1. The zero-order valence-corrected chi connectivity index (χ0v) is 14.0. The number of hydrogen-bond acceptors (Lipinski definition) is 5. The molecule has 0 radical (unpaired) electrons. The van der Waals surface area contributed by atoms with Crippen LogP contribution in [0.4, 0.5) is 0 Å². The molecule has 0 aliphatic heterocycles. The van der Waals surface area contributed by atoms with Crippen LogP contribution < -0.4 is 19.9 Å². The van der Waals surface area contributed by atoms with Crippen molar-refractivity contribution in [3.8, 4) is 28.5 Å². The number of hydrogen-bond donors (Lipinski definition) is 0. The zero-order chi connectivity index (χ0) is 16.4. The Balaban J connectivity index is 2.85. The van der Waals surface area contributed by atoms with Crippen molar-refractivity contribution in [2.45, 2.75) is 0 Å². The Hall–Kier alpha value is -2.28. The molecule has 2 aromatic rings. The lowest BCUT2D eigenvalue weighted by molar-refractivity contribution is 0.325. The van der Waals surface area contributed by atoms with Crippen molar-refractivity contribution in [3.63, 3.8) is 0 Å². The quantitative estimate of drug-likeness (QED) is 0.807. The Bertz CT molecular complexity index is 824. The molecule has 6 nitrogen and oxygen atoms in total. The number of aromatic nitrogens is 2. The highest BCUT2D eigenvalue weighted by atomic mass is 32.1. The number of rotatable bonds is 4. The summed E-state index contributed by atoms with van der Waals surface area (Å²) in [4.78, 5) is 12.2. The van der Waals surface area contributed by atoms with Gasteiger partial charge in [-0.2, -0.15) is 0 Å². The summed E-state index contributed by atoms with van der Waals surface area (Å²) in [5.74, 6) is 1.50. The minimum Gasteiger partial charge on any atom is -0.493 e. The maximum atomic E-state index is 12.2. The highest BCUT2D eigenvalue weighted by Gasteiger charge is 2.19. The molecule has 2 rings (SSSR count). The second-order valence-electron chi connectivity index (χ2n) is 4.65. The van der Waals surface area contributed by atoms with Crippen molar-refractivity contribution in [1.29, 1.82) is 0 Å². The third kappa shape index (κ3) is 2.48. The second kappa shape index (κ2) is 6.23. The molecule has 0 atom stereocenters. The Morgan fingerprint density at radius 3 is 2.14 bits per heavy atom. The largest absolute Gasteiger partial charge is 0.493 e. The van der Waals surface area contributed by atoms with Gasteiger partial charge in [-0.1, -0.05) is 12.2 Å². The van der Waals surface area contributed by atoms with Crippen molar-refractivity contribution in [2.75, 3.05) is 21.3 Å². The van der Waals surface area contributed by atoms with Crippen molar-refractivity contribution in [2.24, 2.45) is 14.1 Å². The second-order valence-corrected chi connectivity index (χ2v) is 5.07. The summed E-state index contributed by atoms with van der Waals surface area (Å²) in [6.07, 6.45) is 0. The Labute approximate surface area is 133 Å². The number of ether oxygens (including phenoxy) is 3. The molecule has 0 saturated carbocycles. The molecule has 0 fully saturated rings. The van der Waals surface area contributed by atoms with E-state index < -0.39 is 0 Å². The topological polar surface area (TPSA) is 54.6 Å². The third-order valence-corrected chi connectivity index (χ3v) is 3.90. The fraction of sp³-hybridized carbons (Fsp3) is 0.333. The van der Waals surface area contributed by atoms with Crippen LogP contribution in [0.3, 0.4) is 0 Å². The van der Waals surface area contributed by atoms with Crippen LogP contribution in [0, 0.1) is 4.64 Å². The molecule has 0 saturated heterocycles. The van der Waals surface area contributed by atoms with Crippen molar-refractivity contribution in [3.05, 3.63) is 33.3 Å². The molecule has 0 spiro atoms. The zero-order valence-electron chi connectivity index (χ0n) is 13.2. The van der Waals surface area contributed by atoms with E-state index in [9.17, 15) is 4.79 Å². The Morgan fingerprint density at radius 1 is 0.955 bits per heavy atom. The SMILES string of the molecule is COc1ccc(-c2cc(=S)n(C)c(=O)n2C)c(OC)c1OC. The van der Waals surface area contributed by atoms with E-state index in [-0.39, 0.29) is 5.69 Å². The van der Waals surface area contributed by atoms with Crippen LogP contribution in [0.5, 0.6) is 17.2 Å². The summed E-state index contributed by atoms with van der Waals surface area (Å²) in [5, 5.41) is 0. The smallest absolute Gasteiger partial charge is 0.329 e. The molecule has 0 aliphatic rings. The lowest BCUT2D eigenvalue weighted by Crippen LogP contribution is -2.28. The number of benzene rings is 1. The van der Waals surface area contributed by atoms with Crippen LogP contribution in [0.1, 0.15) is 0 Å². The van der Waals surface area contributed by atoms with Gasteiger partial charge in [0.25, 0.3) is 0 Å². The van der Waals surface area contributed by atoms with E-state index in [0.29, 0.717) is 33.1 Å². The van der Waals surface area contributed by atoms with E-state index in [1.165, 1.54) is 23.4 Å². The normalized spacial score (nSPS) is 10.4. The van der Waals surface area contributed by atoms with Crippen LogP contribution >= 0.6 is 12.2 Å². The van der Waals surface area contributed by atoms with Crippen molar-refractivity contribution in [1.82, 2.24) is 9.13 Å². The number of nitrogens with zero attached hydrogens (tertiary/aromatic N) is 2. The van der Waals surface area contributed by atoms with Crippen molar-refractivity contribution >= 4 is 12.2 Å². The first-order chi connectivity index (χ1) is 10.5. The average molecular weight is 322 g/mol. The highest BCUT2D eigenvalue weighted by Crippen LogP contribution is 2.43. The van der Waals surface area contributed by atoms with Gasteiger partial charge < -0.3 is 14.2 Å². The summed E-state index contributed by atoms with van der Waals surface area (Å²) in [6, 6.07) is 5.32. The van der Waals surface area contributed by atoms with Gasteiger partial charge in [0.2, 0.25) is 5.75 Å². The van der Waals surface area contributed by atoms with E-state index >= 15 is 0 Å². The standard InChI is InChI=1S/C15H18N2O4S/c1-16-10(8-12(22)17(2)15(16)18)9-6-7-11(19-3)14(21-5)13(9)20-4/h6-8H,1-5H3. The Kier molecular flexibility index (Phi) is 4.56. The molecule has 0 N–H and O–H groups in total. The van der Waals surface area contributed by atoms with E-state index in [1.54, 1.807) is 33.3 Å². The molecule has 0 amide bonds. The lowest BCUT2D eigenvalue weighted by Gasteiger charge is -2.17. The van der Waals surface area contributed by atoms with Crippen LogP contribution in [0.15, 0.2) is 23.0 Å². The van der Waals surface area contributed by atoms with Gasteiger partial charge in [0.05, 0.1) is 27.0 Å². The monoisotopic (exact) mass is 322 g/mol. The predicted molar refractivity (Wildman–Crippen MR) is 86.6 cm³/mol. The molecule has 0 aliphatic carbocycles. The van der Waals surface area contributed by atoms with Gasteiger partial charge in [-0.3, -0.25) is 9.13 Å². The van der Waals surface area contributed by atoms with Gasteiger partial charge >= 0.3 is 5.69 Å². The van der Waals surface area contributed by atoms with Gasteiger partial charge in [-0.15, -0.1) is 0 Å². The van der Waals surface area contributed by atoms with E-state index in [0.717, 1.165) is 0 Å². The third-order valence-electron chi connectivity index (χ3n) is 3.51. The summed E-state index contributed by atoms with van der Waals surface area (Å²) in [6.45, 7) is 0. The van der Waals surface area contributed by atoms with E-state index in [4.69, 9.17) is 26.4 Å². The fourth-order valence-electron chi connectivity index (χ4n) is 2.29. The molecule has 1 aromatic carbocycles. The first-order valence-electron chi connectivity index (χ1n) is 6.52.